The van der Waals surface area contributed by atoms with Crippen molar-refractivity contribution in [2.45, 2.75) is 58.8 Å². The summed E-state index contributed by atoms with van der Waals surface area (Å²) in [6.07, 6.45) is 10.1. The zero-order valence-electron chi connectivity index (χ0n) is 13.4. The van der Waals surface area contributed by atoms with Gasteiger partial charge in [0.1, 0.15) is 0 Å². The van der Waals surface area contributed by atoms with E-state index in [1.807, 2.05) is 0 Å². The molecule has 1 saturated heterocycles. The molecule has 0 aromatic heterocycles. The monoisotopic (exact) mass is 266 g/mol. The quantitative estimate of drug-likeness (QED) is 0.791. The van der Waals surface area contributed by atoms with Crippen molar-refractivity contribution in [3.63, 3.8) is 0 Å². The Bertz CT molecular complexity index is 256. The predicted octanol–water partition coefficient (Wildman–Crippen LogP) is 3.52. The van der Waals surface area contributed by atoms with Crippen LogP contribution < -0.4 is 5.32 Å². The van der Waals surface area contributed by atoms with Gasteiger partial charge in [-0.25, -0.2) is 0 Å². The molecule has 1 atom stereocenters. The molecule has 2 fully saturated rings. The summed E-state index contributed by atoms with van der Waals surface area (Å²) < 4.78 is 0. The fourth-order valence-electron chi connectivity index (χ4n) is 4.43. The third kappa shape index (κ3) is 4.75. The maximum Gasteiger partial charge on any atom is 0.00187 e. The van der Waals surface area contributed by atoms with Crippen LogP contribution in [0.4, 0.5) is 0 Å². The van der Waals surface area contributed by atoms with Crippen LogP contribution in [0.15, 0.2) is 0 Å². The molecule has 2 heteroatoms. The summed E-state index contributed by atoms with van der Waals surface area (Å²) in [7, 11) is 2.27. The number of likely N-dealkylation sites (tertiary alicyclic amines) is 1. The van der Waals surface area contributed by atoms with Gasteiger partial charge in [-0.3, -0.25) is 0 Å². The first-order chi connectivity index (χ1) is 9.10. The zero-order valence-corrected chi connectivity index (χ0v) is 13.4. The number of nitrogens with one attached hydrogen (secondary N) is 1. The summed E-state index contributed by atoms with van der Waals surface area (Å²) in [5, 5.41) is 3.84. The predicted molar refractivity (Wildman–Crippen MR) is 83.4 cm³/mol. The van der Waals surface area contributed by atoms with Crippen LogP contribution in [0.5, 0.6) is 0 Å². The minimum absolute atomic E-state index is 0.634. The summed E-state index contributed by atoms with van der Waals surface area (Å²) in [6.45, 7) is 9.87. The fraction of sp³-hybridized carbons (Fsp3) is 1.00. The van der Waals surface area contributed by atoms with Crippen LogP contribution in [-0.2, 0) is 0 Å². The van der Waals surface area contributed by atoms with E-state index in [1.165, 1.54) is 71.1 Å². The highest BCUT2D eigenvalue weighted by Crippen LogP contribution is 2.42. The Hall–Kier alpha value is -0.0800. The lowest BCUT2D eigenvalue weighted by atomic mass is 9.78. The molecule has 0 aromatic rings. The van der Waals surface area contributed by atoms with Crippen LogP contribution in [0.1, 0.15) is 58.8 Å². The van der Waals surface area contributed by atoms with E-state index >= 15 is 0 Å². The first-order valence-corrected chi connectivity index (χ1v) is 8.49. The molecular weight excluding hydrogens is 232 g/mol. The van der Waals surface area contributed by atoms with Crippen molar-refractivity contribution in [3.05, 3.63) is 0 Å². The maximum atomic E-state index is 3.84. The van der Waals surface area contributed by atoms with Crippen LogP contribution in [-0.4, -0.2) is 38.1 Å². The van der Waals surface area contributed by atoms with Gasteiger partial charge in [-0.05, 0) is 69.5 Å². The molecule has 0 aromatic carbocycles. The standard InChI is InChI=1S/C17H34N2/c1-15(2)11-17(8-4-5-9-17)14-18-12-16-7-6-10-19(3)13-16/h15-16,18H,4-14H2,1-3H3. The molecule has 1 heterocycles. The minimum atomic E-state index is 0.634. The molecule has 19 heavy (non-hydrogen) atoms. The molecule has 1 unspecified atom stereocenters. The fourth-order valence-corrected chi connectivity index (χ4v) is 4.43. The topological polar surface area (TPSA) is 15.3 Å². The van der Waals surface area contributed by atoms with Crippen molar-refractivity contribution in [2.75, 3.05) is 33.2 Å². The van der Waals surface area contributed by atoms with E-state index in [2.05, 4.69) is 31.1 Å². The number of hydrogen-bond donors (Lipinski definition) is 1. The van der Waals surface area contributed by atoms with Gasteiger partial charge in [-0.15, -0.1) is 0 Å². The first kappa shape index (κ1) is 15.3. The lowest BCUT2D eigenvalue weighted by Crippen LogP contribution is -2.40. The molecule has 2 rings (SSSR count). The lowest BCUT2D eigenvalue weighted by Gasteiger charge is -2.34. The smallest absolute Gasteiger partial charge is 0.00187 e. The van der Waals surface area contributed by atoms with Crippen LogP contribution in [0.25, 0.3) is 0 Å². The number of rotatable bonds is 6. The largest absolute Gasteiger partial charge is 0.316 e. The number of nitrogens with zero attached hydrogens (tertiary/aromatic N) is 1. The molecule has 0 spiro atoms. The van der Waals surface area contributed by atoms with E-state index in [4.69, 9.17) is 0 Å². The number of hydrogen-bond acceptors (Lipinski definition) is 2. The van der Waals surface area contributed by atoms with Crippen LogP contribution >= 0.6 is 0 Å². The second kappa shape index (κ2) is 7.08. The van der Waals surface area contributed by atoms with E-state index in [9.17, 15) is 0 Å². The van der Waals surface area contributed by atoms with Crippen molar-refractivity contribution in [2.24, 2.45) is 17.3 Å². The Morgan fingerprint density at radius 2 is 1.95 bits per heavy atom. The van der Waals surface area contributed by atoms with Gasteiger partial charge in [0.15, 0.2) is 0 Å². The molecule has 1 N–H and O–H groups in total. The Balaban J connectivity index is 1.73. The van der Waals surface area contributed by atoms with Crippen molar-refractivity contribution in [3.8, 4) is 0 Å². The van der Waals surface area contributed by atoms with Gasteiger partial charge in [-0.1, -0.05) is 26.7 Å². The molecular formula is C17H34N2. The van der Waals surface area contributed by atoms with Crippen LogP contribution in [0.2, 0.25) is 0 Å². The average molecular weight is 266 g/mol. The van der Waals surface area contributed by atoms with Gasteiger partial charge in [-0.2, -0.15) is 0 Å². The van der Waals surface area contributed by atoms with Crippen molar-refractivity contribution in [1.82, 2.24) is 10.2 Å². The molecule has 0 amide bonds. The van der Waals surface area contributed by atoms with E-state index in [0.29, 0.717) is 5.41 Å². The summed E-state index contributed by atoms with van der Waals surface area (Å²) >= 11 is 0. The van der Waals surface area contributed by atoms with Gasteiger partial charge in [0.05, 0.1) is 0 Å². The van der Waals surface area contributed by atoms with Crippen LogP contribution in [0, 0.1) is 17.3 Å². The third-order valence-corrected chi connectivity index (χ3v) is 5.16. The molecule has 0 bridgehead atoms. The Kier molecular flexibility index (Phi) is 5.70. The minimum Gasteiger partial charge on any atom is -0.316 e. The van der Waals surface area contributed by atoms with Gasteiger partial charge in [0, 0.05) is 13.1 Å². The highest BCUT2D eigenvalue weighted by molar-refractivity contribution is 4.88. The highest BCUT2D eigenvalue weighted by Gasteiger charge is 2.34. The van der Waals surface area contributed by atoms with E-state index in [1.54, 1.807) is 0 Å². The van der Waals surface area contributed by atoms with Crippen molar-refractivity contribution in [1.29, 1.82) is 0 Å². The third-order valence-electron chi connectivity index (χ3n) is 5.16. The van der Waals surface area contributed by atoms with Gasteiger partial charge in [0.2, 0.25) is 0 Å². The summed E-state index contributed by atoms with van der Waals surface area (Å²) in [5.74, 6) is 1.73. The summed E-state index contributed by atoms with van der Waals surface area (Å²) in [5.41, 5.74) is 0.634. The highest BCUT2D eigenvalue weighted by atomic mass is 15.1. The average Bonchev–Trinajstić information content (AvgIpc) is 2.77. The Labute approximate surface area is 120 Å². The van der Waals surface area contributed by atoms with Gasteiger partial charge in [0.25, 0.3) is 0 Å². The summed E-state index contributed by atoms with van der Waals surface area (Å²) in [4.78, 5) is 2.50. The zero-order chi connectivity index (χ0) is 13.7. The van der Waals surface area contributed by atoms with E-state index in [0.717, 1.165) is 11.8 Å². The molecule has 0 radical (unpaired) electrons. The Morgan fingerprint density at radius 1 is 1.21 bits per heavy atom. The molecule has 2 nitrogen and oxygen atoms in total. The second-order valence-electron chi connectivity index (χ2n) is 7.71. The van der Waals surface area contributed by atoms with E-state index < -0.39 is 0 Å². The molecule has 1 aliphatic heterocycles. The van der Waals surface area contributed by atoms with Gasteiger partial charge < -0.3 is 10.2 Å². The molecule has 1 aliphatic carbocycles. The van der Waals surface area contributed by atoms with Gasteiger partial charge >= 0.3 is 0 Å². The van der Waals surface area contributed by atoms with E-state index in [-0.39, 0.29) is 0 Å². The lowest BCUT2D eigenvalue weighted by molar-refractivity contribution is 0.186. The first-order valence-electron chi connectivity index (χ1n) is 8.49. The second-order valence-corrected chi connectivity index (χ2v) is 7.71. The molecule has 2 aliphatic rings. The van der Waals surface area contributed by atoms with Crippen LogP contribution in [0.3, 0.4) is 0 Å². The van der Waals surface area contributed by atoms with Crippen molar-refractivity contribution < 1.29 is 0 Å². The Morgan fingerprint density at radius 3 is 2.58 bits per heavy atom. The summed E-state index contributed by atoms with van der Waals surface area (Å²) in [6, 6.07) is 0. The van der Waals surface area contributed by atoms with Crippen molar-refractivity contribution >= 4 is 0 Å². The maximum absolute atomic E-state index is 3.84. The number of piperidine rings is 1. The molecule has 1 saturated carbocycles. The molecule has 112 valence electrons. The normalized spacial score (nSPS) is 28.1. The SMILES string of the molecule is CC(C)CC1(CNCC2CCCN(C)C2)CCCC1.